The molecule has 11 nitrogen and oxygen atoms in total. The average Bonchev–Trinajstić information content (AvgIpc) is 2.72. The first-order valence-corrected chi connectivity index (χ1v) is 9.70. The van der Waals surface area contributed by atoms with Crippen LogP contribution >= 0.6 is 0 Å². The lowest BCUT2D eigenvalue weighted by Crippen LogP contribution is -2.47. The molecular formula is C21H26N4O7. The van der Waals surface area contributed by atoms with Crippen LogP contribution in [0.4, 0.5) is 15.4 Å². The standard InChI is InChI=1S/C21H26N4O7/c1-21(2,3)32-20(29)22-15(17(26)30-4)12-25-11-10-16(23-18(25)27)24-19(28)31-13-14-8-6-5-7-9-14/h5-11,15H,12-13H2,1-4H3,(H,22,29)(H,23,24,27,28)/t15-/m0/s1. The van der Waals surface area contributed by atoms with E-state index in [2.05, 4.69) is 20.4 Å². The molecule has 0 saturated carbocycles. The second-order valence-corrected chi connectivity index (χ2v) is 7.66. The molecule has 1 heterocycles. The van der Waals surface area contributed by atoms with Crippen molar-refractivity contribution in [3.05, 3.63) is 58.6 Å². The molecule has 2 N–H and O–H groups in total. The number of esters is 1. The number of nitrogens with one attached hydrogen (secondary N) is 2. The van der Waals surface area contributed by atoms with Crippen molar-refractivity contribution in [2.24, 2.45) is 0 Å². The van der Waals surface area contributed by atoms with Gasteiger partial charge in [0.25, 0.3) is 0 Å². The average molecular weight is 446 g/mol. The maximum atomic E-state index is 12.3. The van der Waals surface area contributed by atoms with E-state index in [1.54, 1.807) is 32.9 Å². The smallest absolute Gasteiger partial charge is 0.413 e. The highest BCUT2D eigenvalue weighted by Gasteiger charge is 2.26. The van der Waals surface area contributed by atoms with Crippen molar-refractivity contribution in [3.63, 3.8) is 0 Å². The number of hydrogen-bond acceptors (Lipinski definition) is 8. The highest BCUT2D eigenvalue weighted by molar-refractivity contribution is 5.83. The molecule has 0 saturated heterocycles. The van der Waals surface area contributed by atoms with Gasteiger partial charge in [-0.25, -0.2) is 19.2 Å². The minimum absolute atomic E-state index is 0.0287. The number of ether oxygens (including phenoxy) is 3. The van der Waals surface area contributed by atoms with Crippen molar-refractivity contribution in [2.75, 3.05) is 12.4 Å². The molecule has 0 aliphatic carbocycles. The Morgan fingerprint density at radius 3 is 2.38 bits per heavy atom. The molecule has 0 spiro atoms. The summed E-state index contributed by atoms with van der Waals surface area (Å²) >= 11 is 0. The van der Waals surface area contributed by atoms with Crippen LogP contribution in [-0.2, 0) is 32.2 Å². The second-order valence-electron chi connectivity index (χ2n) is 7.66. The normalized spacial score (nSPS) is 11.8. The zero-order valence-electron chi connectivity index (χ0n) is 18.3. The Hall–Kier alpha value is -3.89. The number of rotatable bonds is 7. The van der Waals surface area contributed by atoms with Crippen molar-refractivity contribution < 1.29 is 28.6 Å². The molecule has 1 aromatic carbocycles. The van der Waals surface area contributed by atoms with Crippen LogP contribution in [0.5, 0.6) is 0 Å². The fraction of sp³-hybridized carbons (Fsp3) is 0.381. The van der Waals surface area contributed by atoms with E-state index < -0.39 is 35.5 Å². The van der Waals surface area contributed by atoms with E-state index in [-0.39, 0.29) is 19.0 Å². The van der Waals surface area contributed by atoms with Gasteiger partial charge in [0, 0.05) is 6.20 Å². The van der Waals surface area contributed by atoms with E-state index in [4.69, 9.17) is 9.47 Å². The summed E-state index contributed by atoms with van der Waals surface area (Å²) in [6, 6.07) is 9.24. The summed E-state index contributed by atoms with van der Waals surface area (Å²) in [4.78, 5) is 52.0. The van der Waals surface area contributed by atoms with E-state index in [9.17, 15) is 19.2 Å². The maximum Gasteiger partial charge on any atom is 0.413 e. The second kappa shape index (κ2) is 10.9. The SMILES string of the molecule is COC(=O)[C@H](Cn1ccc(NC(=O)OCc2ccccc2)nc1=O)NC(=O)OC(C)(C)C. The number of aromatic nitrogens is 2. The van der Waals surface area contributed by atoms with Gasteiger partial charge in [-0.05, 0) is 32.4 Å². The van der Waals surface area contributed by atoms with Gasteiger partial charge in [-0.1, -0.05) is 30.3 Å². The van der Waals surface area contributed by atoms with E-state index in [1.165, 1.54) is 12.3 Å². The van der Waals surface area contributed by atoms with Crippen molar-refractivity contribution in [1.29, 1.82) is 0 Å². The van der Waals surface area contributed by atoms with Gasteiger partial charge in [0.1, 0.15) is 24.1 Å². The third kappa shape index (κ3) is 8.09. The molecule has 2 rings (SSSR count). The van der Waals surface area contributed by atoms with Crippen LogP contribution < -0.4 is 16.3 Å². The minimum atomic E-state index is -1.19. The topological polar surface area (TPSA) is 138 Å². The maximum absolute atomic E-state index is 12.3. The Labute approximate surface area is 184 Å². The number of alkyl carbamates (subject to hydrolysis) is 1. The number of benzene rings is 1. The van der Waals surface area contributed by atoms with Crippen LogP contribution in [0.3, 0.4) is 0 Å². The van der Waals surface area contributed by atoms with Gasteiger partial charge >= 0.3 is 23.8 Å². The fourth-order valence-electron chi connectivity index (χ4n) is 2.47. The summed E-state index contributed by atoms with van der Waals surface area (Å²) in [6.07, 6.45) is -0.305. The van der Waals surface area contributed by atoms with Gasteiger partial charge in [-0.15, -0.1) is 0 Å². The first-order valence-electron chi connectivity index (χ1n) is 9.70. The Bertz CT molecular complexity index is 999. The summed E-state index contributed by atoms with van der Waals surface area (Å²) in [5.74, 6) is -0.798. The number of carbonyl (C=O) groups is 3. The molecule has 1 aromatic heterocycles. The summed E-state index contributed by atoms with van der Waals surface area (Å²) in [5.41, 5.74) is -0.728. The zero-order chi connectivity index (χ0) is 23.7. The van der Waals surface area contributed by atoms with Gasteiger partial charge in [-0.2, -0.15) is 4.98 Å². The van der Waals surface area contributed by atoms with E-state index >= 15 is 0 Å². The molecule has 11 heteroatoms. The lowest BCUT2D eigenvalue weighted by Gasteiger charge is -2.22. The number of anilines is 1. The molecule has 0 aliphatic heterocycles. The molecule has 0 fully saturated rings. The van der Waals surface area contributed by atoms with Crippen molar-refractivity contribution in [1.82, 2.24) is 14.9 Å². The third-order valence-electron chi connectivity index (χ3n) is 3.87. The van der Waals surface area contributed by atoms with Gasteiger partial charge < -0.3 is 19.5 Å². The van der Waals surface area contributed by atoms with Crippen LogP contribution in [0.2, 0.25) is 0 Å². The van der Waals surface area contributed by atoms with Crippen molar-refractivity contribution in [3.8, 4) is 0 Å². The largest absolute Gasteiger partial charge is 0.467 e. The Kier molecular flexibility index (Phi) is 8.33. The highest BCUT2D eigenvalue weighted by atomic mass is 16.6. The summed E-state index contributed by atoms with van der Waals surface area (Å²) in [6.45, 7) is 4.82. The summed E-state index contributed by atoms with van der Waals surface area (Å²) in [7, 11) is 1.15. The van der Waals surface area contributed by atoms with Gasteiger partial charge in [0.2, 0.25) is 0 Å². The predicted octanol–water partition coefficient (Wildman–Crippen LogP) is 2.06. The van der Waals surface area contributed by atoms with Gasteiger partial charge in [0.05, 0.1) is 13.7 Å². The first-order chi connectivity index (χ1) is 15.1. The van der Waals surface area contributed by atoms with Crippen LogP contribution in [-0.4, -0.2) is 46.5 Å². The number of nitrogens with zero attached hydrogens (tertiary/aromatic N) is 2. The predicted molar refractivity (Wildman–Crippen MR) is 114 cm³/mol. The Morgan fingerprint density at radius 2 is 1.78 bits per heavy atom. The molecule has 32 heavy (non-hydrogen) atoms. The first kappa shape index (κ1) is 24.4. The van der Waals surface area contributed by atoms with Crippen molar-refractivity contribution in [2.45, 2.75) is 45.6 Å². The molecular weight excluding hydrogens is 420 g/mol. The number of hydrogen-bond donors (Lipinski definition) is 2. The quantitative estimate of drug-likeness (QED) is 0.487. The third-order valence-corrected chi connectivity index (χ3v) is 3.87. The van der Waals surface area contributed by atoms with E-state index in [0.29, 0.717) is 0 Å². The van der Waals surface area contributed by atoms with Crippen LogP contribution in [0, 0.1) is 0 Å². The molecule has 0 radical (unpaired) electrons. The number of amides is 2. The summed E-state index contributed by atoms with van der Waals surface area (Å²) in [5, 5.41) is 4.72. The molecule has 172 valence electrons. The van der Waals surface area contributed by atoms with E-state index in [0.717, 1.165) is 17.2 Å². The van der Waals surface area contributed by atoms with Crippen LogP contribution in [0.1, 0.15) is 26.3 Å². The molecule has 2 aromatic rings. The fourth-order valence-corrected chi connectivity index (χ4v) is 2.47. The lowest BCUT2D eigenvalue weighted by atomic mass is 10.2. The number of carbonyl (C=O) groups excluding carboxylic acids is 3. The molecule has 0 unspecified atom stereocenters. The minimum Gasteiger partial charge on any atom is -0.467 e. The Balaban J connectivity index is 2.00. The molecule has 2 amide bonds. The van der Waals surface area contributed by atoms with Crippen LogP contribution in [0.15, 0.2) is 47.4 Å². The molecule has 0 aliphatic rings. The molecule has 1 atom stereocenters. The van der Waals surface area contributed by atoms with Crippen molar-refractivity contribution >= 4 is 24.0 Å². The van der Waals surface area contributed by atoms with Gasteiger partial charge in [-0.3, -0.25) is 9.88 Å². The number of methoxy groups -OCH3 is 1. The zero-order valence-corrected chi connectivity index (χ0v) is 18.3. The molecule has 0 bridgehead atoms. The summed E-state index contributed by atoms with van der Waals surface area (Å²) < 4.78 is 16.0. The monoisotopic (exact) mass is 446 g/mol. The van der Waals surface area contributed by atoms with Crippen LogP contribution in [0.25, 0.3) is 0 Å². The highest BCUT2D eigenvalue weighted by Crippen LogP contribution is 2.08. The van der Waals surface area contributed by atoms with Gasteiger partial charge in [0.15, 0.2) is 0 Å². The lowest BCUT2D eigenvalue weighted by molar-refractivity contribution is -0.143. The van der Waals surface area contributed by atoms with E-state index in [1.807, 2.05) is 18.2 Å². The Morgan fingerprint density at radius 1 is 1.09 bits per heavy atom.